The Morgan fingerprint density at radius 1 is 1.18 bits per heavy atom. The van der Waals surface area contributed by atoms with Gasteiger partial charge in [-0.05, 0) is 12.1 Å². The van der Waals surface area contributed by atoms with Crippen molar-refractivity contribution in [2.24, 2.45) is 0 Å². The van der Waals surface area contributed by atoms with Crippen LogP contribution in [-0.2, 0) is 0 Å². The van der Waals surface area contributed by atoms with Crippen molar-refractivity contribution in [1.82, 2.24) is 0 Å². The zero-order valence-electron chi connectivity index (χ0n) is 11.4. The Bertz CT molecular complexity index is 680. The third kappa shape index (κ3) is 4.36. The van der Waals surface area contributed by atoms with E-state index in [0.717, 1.165) is 0 Å². The van der Waals surface area contributed by atoms with E-state index in [1.54, 1.807) is 18.2 Å². The van der Waals surface area contributed by atoms with Crippen molar-refractivity contribution in [2.75, 3.05) is 19.0 Å². The highest BCUT2D eigenvalue weighted by Gasteiger charge is 2.11. The van der Waals surface area contributed by atoms with E-state index >= 15 is 0 Å². The first-order chi connectivity index (χ1) is 10.5. The summed E-state index contributed by atoms with van der Waals surface area (Å²) in [6.45, 7) is -0.817. The smallest absolute Gasteiger partial charge is 0.272 e. The van der Waals surface area contributed by atoms with Gasteiger partial charge in [-0.3, -0.25) is 0 Å². The largest absolute Gasteiger partial charge is 0.493 e. The summed E-state index contributed by atoms with van der Waals surface area (Å²) < 4.78 is 34.3. The average Bonchev–Trinajstić information content (AvgIpc) is 2.53. The van der Waals surface area contributed by atoms with Crippen molar-refractivity contribution in [1.29, 1.82) is 15.8 Å². The Morgan fingerprint density at radius 2 is 1.86 bits per heavy atom. The molecule has 0 saturated heterocycles. The number of alkyl halides is 2. The number of hydrogen-bond acceptors (Lipinski definition) is 6. The summed E-state index contributed by atoms with van der Waals surface area (Å²) in [6.07, 6.45) is -2.65. The predicted molar refractivity (Wildman–Crippen MR) is 72.0 cm³/mol. The van der Waals surface area contributed by atoms with Crippen LogP contribution in [0.2, 0.25) is 0 Å². The number of allylic oxidation sites excluding steroid dienone is 2. The van der Waals surface area contributed by atoms with Crippen LogP contribution in [0.15, 0.2) is 29.5 Å². The molecule has 0 aliphatic carbocycles. The summed E-state index contributed by atoms with van der Waals surface area (Å²) in [5.74, 6) is 0.273. The van der Waals surface area contributed by atoms with E-state index in [-0.39, 0.29) is 22.9 Å². The zero-order chi connectivity index (χ0) is 16.5. The van der Waals surface area contributed by atoms with Crippen LogP contribution in [0.25, 0.3) is 0 Å². The van der Waals surface area contributed by atoms with Crippen LogP contribution >= 0.6 is 0 Å². The molecule has 0 bridgehead atoms. The standard InChI is InChI=1S/C14H10F2N4O2/c1-21-12-3-2-10(4-13(12)22-8-14(15)16)20-11(7-19)9(5-17)6-18/h2-4,14,20H,8H2,1H3. The van der Waals surface area contributed by atoms with E-state index in [9.17, 15) is 8.78 Å². The molecule has 1 aromatic rings. The van der Waals surface area contributed by atoms with Gasteiger partial charge < -0.3 is 14.8 Å². The number of benzene rings is 1. The summed E-state index contributed by atoms with van der Waals surface area (Å²) in [4.78, 5) is 0. The molecule has 1 N–H and O–H groups in total. The molecule has 0 spiro atoms. The number of ether oxygens (including phenoxy) is 2. The van der Waals surface area contributed by atoms with Crippen molar-refractivity contribution >= 4 is 5.69 Å². The van der Waals surface area contributed by atoms with E-state index in [0.29, 0.717) is 0 Å². The van der Waals surface area contributed by atoms with Gasteiger partial charge in [-0.2, -0.15) is 15.8 Å². The van der Waals surface area contributed by atoms with Crippen molar-refractivity contribution < 1.29 is 18.3 Å². The number of nitrogens with one attached hydrogen (secondary N) is 1. The van der Waals surface area contributed by atoms with Gasteiger partial charge in [-0.25, -0.2) is 8.78 Å². The minimum Gasteiger partial charge on any atom is -0.493 e. The molecule has 1 aromatic carbocycles. The monoisotopic (exact) mass is 304 g/mol. The normalized spacial score (nSPS) is 9.14. The highest BCUT2D eigenvalue weighted by Crippen LogP contribution is 2.31. The Labute approximate surface area is 125 Å². The lowest BCUT2D eigenvalue weighted by Gasteiger charge is -2.12. The third-order valence-electron chi connectivity index (χ3n) is 2.38. The summed E-state index contributed by atoms with van der Waals surface area (Å²) in [7, 11) is 1.35. The van der Waals surface area contributed by atoms with Gasteiger partial charge in [-0.15, -0.1) is 0 Å². The van der Waals surface area contributed by atoms with Crippen LogP contribution < -0.4 is 14.8 Å². The van der Waals surface area contributed by atoms with Crippen LogP contribution in [-0.4, -0.2) is 20.1 Å². The second-order valence-corrected chi connectivity index (χ2v) is 3.78. The maximum absolute atomic E-state index is 12.2. The second-order valence-electron chi connectivity index (χ2n) is 3.78. The molecule has 1 rings (SSSR count). The van der Waals surface area contributed by atoms with Gasteiger partial charge in [0.2, 0.25) is 0 Å². The van der Waals surface area contributed by atoms with Crippen molar-refractivity contribution in [2.45, 2.75) is 6.43 Å². The van der Waals surface area contributed by atoms with Crippen molar-refractivity contribution in [3.63, 3.8) is 0 Å². The number of nitriles is 3. The molecule has 0 heterocycles. The second kappa shape index (κ2) is 8.08. The lowest BCUT2D eigenvalue weighted by molar-refractivity contribution is 0.0805. The Hall–Kier alpha value is -3.31. The molecule has 0 amide bonds. The highest BCUT2D eigenvalue weighted by molar-refractivity contribution is 5.62. The fourth-order valence-corrected chi connectivity index (χ4v) is 1.45. The summed E-state index contributed by atoms with van der Waals surface area (Å²) in [6, 6.07) is 9.09. The fourth-order valence-electron chi connectivity index (χ4n) is 1.45. The van der Waals surface area contributed by atoms with Gasteiger partial charge >= 0.3 is 0 Å². The third-order valence-corrected chi connectivity index (χ3v) is 2.38. The molecule has 0 aliphatic rings. The number of rotatable bonds is 6. The first-order valence-electron chi connectivity index (χ1n) is 5.86. The SMILES string of the molecule is COc1ccc(NC(C#N)=C(C#N)C#N)cc1OCC(F)F. The number of nitrogens with zero attached hydrogens (tertiary/aromatic N) is 3. The predicted octanol–water partition coefficient (Wildman–Crippen LogP) is 2.58. The van der Waals surface area contributed by atoms with E-state index in [1.165, 1.54) is 25.3 Å². The lowest BCUT2D eigenvalue weighted by Crippen LogP contribution is -2.08. The molecule has 0 aliphatic heterocycles. The van der Waals surface area contributed by atoms with E-state index in [2.05, 4.69) is 5.32 Å². The fraction of sp³-hybridized carbons (Fsp3) is 0.214. The molecular weight excluding hydrogens is 294 g/mol. The number of anilines is 1. The van der Waals surface area contributed by atoms with Crippen LogP contribution in [0.4, 0.5) is 14.5 Å². The molecule has 0 aromatic heterocycles. The highest BCUT2D eigenvalue weighted by atomic mass is 19.3. The molecule has 0 saturated carbocycles. The summed E-state index contributed by atoms with van der Waals surface area (Å²) in [5, 5.41) is 29.0. The maximum atomic E-state index is 12.2. The first-order valence-corrected chi connectivity index (χ1v) is 5.86. The molecule has 8 heteroatoms. The minimum atomic E-state index is -2.65. The van der Waals surface area contributed by atoms with Crippen LogP contribution in [0.3, 0.4) is 0 Å². The van der Waals surface area contributed by atoms with Gasteiger partial charge in [0.1, 0.15) is 30.5 Å². The molecule has 22 heavy (non-hydrogen) atoms. The Morgan fingerprint density at radius 3 is 2.36 bits per heavy atom. The molecular formula is C14H10F2N4O2. The molecule has 0 fully saturated rings. The first kappa shape index (κ1) is 16.7. The molecule has 6 nitrogen and oxygen atoms in total. The van der Waals surface area contributed by atoms with E-state index in [1.807, 2.05) is 0 Å². The zero-order valence-corrected chi connectivity index (χ0v) is 11.4. The van der Waals surface area contributed by atoms with Gasteiger partial charge in [0.05, 0.1) is 7.11 Å². The minimum absolute atomic E-state index is 0.0422. The summed E-state index contributed by atoms with van der Waals surface area (Å²) >= 11 is 0. The van der Waals surface area contributed by atoms with E-state index in [4.69, 9.17) is 25.3 Å². The lowest BCUT2D eigenvalue weighted by atomic mass is 10.2. The van der Waals surface area contributed by atoms with Crippen molar-refractivity contribution in [3.8, 4) is 29.7 Å². The van der Waals surface area contributed by atoms with Gasteiger partial charge in [0, 0.05) is 11.8 Å². The number of hydrogen-bond donors (Lipinski definition) is 1. The molecule has 112 valence electrons. The van der Waals surface area contributed by atoms with Gasteiger partial charge in [0.15, 0.2) is 17.1 Å². The maximum Gasteiger partial charge on any atom is 0.272 e. The molecule has 0 unspecified atom stereocenters. The molecule has 0 atom stereocenters. The van der Waals surface area contributed by atoms with Gasteiger partial charge in [0.25, 0.3) is 6.43 Å². The topological polar surface area (TPSA) is 102 Å². The van der Waals surface area contributed by atoms with Crippen LogP contribution in [0.5, 0.6) is 11.5 Å². The van der Waals surface area contributed by atoms with Gasteiger partial charge in [-0.1, -0.05) is 0 Å². The van der Waals surface area contributed by atoms with E-state index < -0.39 is 18.6 Å². The Balaban J connectivity index is 3.10. The number of methoxy groups -OCH3 is 1. The quantitative estimate of drug-likeness (QED) is 0.810. The average molecular weight is 304 g/mol. The molecule has 0 radical (unpaired) electrons. The van der Waals surface area contributed by atoms with Crippen LogP contribution in [0.1, 0.15) is 0 Å². The Kier molecular flexibility index (Phi) is 6.15. The number of halogens is 2. The van der Waals surface area contributed by atoms with Crippen LogP contribution in [0, 0.1) is 34.0 Å². The summed E-state index contributed by atoms with van der Waals surface area (Å²) in [5.41, 5.74) is -0.368. The van der Waals surface area contributed by atoms with Crippen molar-refractivity contribution in [3.05, 3.63) is 29.5 Å².